The van der Waals surface area contributed by atoms with Crippen LogP contribution in [0.5, 0.6) is 0 Å². The SMILES string of the molecule is CC(=O)NCCN1C[C@]23C=C[C@H](O2)[C@@H](C(=O)N(C)Cc2ccon2)[C@H]3C1=O. The van der Waals surface area contributed by atoms with E-state index < -0.39 is 17.4 Å². The highest BCUT2D eigenvalue weighted by molar-refractivity contribution is 5.93. The van der Waals surface area contributed by atoms with Gasteiger partial charge in [-0.1, -0.05) is 17.3 Å². The van der Waals surface area contributed by atoms with Crippen molar-refractivity contribution in [2.45, 2.75) is 25.2 Å². The van der Waals surface area contributed by atoms with Gasteiger partial charge >= 0.3 is 0 Å². The lowest BCUT2D eigenvalue weighted by Gasteiger charge is -2.27. The molecular formula is C18H22N4O5. The molecule has 0 aromatic carbocycles. The van der Waals surface area contributed by atoms with Crippen molar-refractivity contribution in [3.05, 3.63) is 30.2 Å². The van der Waals surface area contributed by atoms with E-state index in [1.54, 1.807) is 22.9 Å². The third-order valence-electron chi connectivity index (χ3n) is 5.49. The molecule has 3 amide bonds. The number of hydrogen-bond donors (Lipinski definition) is 1. The molecule has 0 unspecified atom stereocenters. The van der Waals surface area contributed by atoms with Gasteiger partial charge in [-0.15, -0.1) is 0 Å². The molecule has 2 bridgehead atoms. The Morgan fingerprint density at radius 1 is 1.48 bits per heavy atom. The van der Waals surface area contributed by atoms with Crippen molar-refractivity contribution in [2.24, 2.45) is 11.8 Å². The highest BCUT2D eigenvalue weighted by Crippen LogP contribution is 2.52. The molecule has 1 spiro atoms. The minimum atomic E-state index is -0.743. The number of nitrogens with zero attached hydrogens (tertiary/aromatic N) is 3. The normalized spacial score (nSPS) is 30.7. The molecule has 1 aromatic heterocycles. The van der Waals surface area contributed by atoms with Gasteiger partial charge in [-0.2, -0.15) is 0 Å². The Labute approximate surface area is 156 Å². The summed E-state index contributed by atoms with van der Waals surface area (Å²) in [6.45, 7) is 2.92. The maximum atomic E-state index is 13.1. The fourth-order valence-corrected chi connectivity index (χ4v) is 4.31. The minimum Gasteiger partial charge on any atom is -0.364 e. The Bertz CT molecular complexity index is 792. The van der Waals surface area contributed by atoms with Crippen molar-refractivity contribution in [3.8, 4) is 0 Å². The zero-order chi connectivity index (χ0) is 19.2. The van der Waals surface area contributed by atoms with Gasteiger partial charge in [0.2, 0.25) is 17.7 Å². The van der Waals surface area contributed by atoms with Gasteiger partial charge in [-0.25, -0.2) is 0 Å². The maximum absolute atomic E-state index is 13.1. The Morgan fingerprint density at radius 2 is 2.30 bits per heavy atom. The summed E-state index contributed by atoms with van der Waals surface area (Å²) in [5, 5.41) is 6.52. The second-order valence-corrected chi connectivity index (χ2v) is 7.33. The van der Waals surface area contributed by atoms with E-state index >= 15 is 0 Å². The molecule has 4 rings (SSSR count). The molecule has 9 nitrogen and oxygen atoms in total. The smallest absolute Gasteiger partial charge is 0.230 e. The lowest BCUT2D eigenvalue weighted by atomic mass is 9.76. The van der Waals surface area contributed by atoms with Crippen LogP contribution >= 0.6 is 0 Å². The van der Waals surface area contributed by atoms with Crippen LogP contribution in [0, 0.1) is 11.8 Å². The quantitative estimate of drug-likeness (QED) is 0.677. The molecule has 1 N–H and O–H groups in total. The van der Waals surface area contributed by atoms with Crippen LogP contribution in [-0.4, -0.2) is 71.1 Å². The number of carbonyl (C=O) groups excluding carboxylic acids is 3. The summed E-state index contributed by atoms with van der Waals surface area (Å²) < 4.78 is 10.9. The van der Waals surface area contributed by atoms with E-state index in [1.165, 1.54) is 13.2 Å². The Kier molecular flexibility index (Phi) is 4.26. The van der Waals surface area contributed by atoms with Crippen LogP contribution < -0.4 is 5.32 Å². The lowest BCUT2D eigenvalue weighted by molar-refractivity contribution is -0.142. The van der Waals surface area contributed by atoms with Gasteiger partial charge < -0.3 is 24.4 Å². The highest BCUT2D eigenvalue weighted by atomic mass is 16.5. The zero-order valence-corrected chi connectivity index (χ0v) is 15.3. The molecule has 0 aliphatic carbocycles. The third-order valence-corrected chi connectivity index (χ3v) is 5.49. The first-order chi connectivity index (χ1) is 12.9. The largest absolute Gasteiger partial charge is 0.364 e. The van der Waals surface area contributed by atoms with Crippen molar-refractivity contribution < 1.29 is 23.6 Å². The predicted octanol–water partition coefficient (Wildman–Crippen LogP) is -0.449. The standard InChI is InChI=1S/C18H22N4O5/c1-11(23)19-6-7-22-10-18-5-3-13(27-18)14(15(18)17(22)25)16(24)21(2)9-12-4-8-26-20-12/h3-5,8,13-15H,6-7,9-10H2,1-2H3,(H,19,23)/t13-,14+,15-,18-/m0/s1. The first kappa shape index (κ1) is 17.7. The molecular weight excluding hydrogens is 352 g/mol. The third kappa shape index (κ3) is 2.91. The van der Waals surface area contributed by atoms with Gasteiger partial charge in [-0.3, -0.25) is 14.4 Å². The average molecular weight is 374 g/mol. The minimum absolute atomic E-state index is 0.0969. The van der Waals surface area contributed by atoms with Gasteiger partial charge in [0.05, 0.1) is 31.0 Å². The van der Waals surface area contributed by atoms with Crippen LogP contribution in [0.4, 0.5) is 0 Å². The van der Waals surface area contributed by atoms with Crippen LogP contribution in [0.3, 0.4) is 0 Å². The summed E-state index contributed by atoms with van der Waals surface area (Å²) >= 11 is 0. The zero-order valence-electron chi connectivity index (χ0n) is 15.3. The Hall–Kier alpha value is -2.68. The number of hydrogen-bond acceptors (Lipinski definition) is 6. The van der Waals surface area contributed by atoms with Gasteiger partial charge in [0, 0.05) is 33.1 Å². The van der Waals surface area contributed by atoms with Crippen molar-refractivity contribution in [1.82, 2.24) is 20.3 Å². The fourth-order valence-electron chi connectivity index (χ4n) is 4.31. The van der Waals surface area contributed by atoms with Crippen LogP contribution in [-0.2, 0) is 25.7 Å². The van der Waals surface area contributed by atoms with Crippen molar-refractivity contribution >= 4 is 17.7 Å². The van der Waals surface area contributed by atoms with Crippen molar-refractivity contribution in [3.63, 3.8) is 0 Å². The van der Waals surface area contributed by atoms with Crippen molar-refractivity contribution in [2.75, 3.05) is 26.7 Å². The van der Waals surface area contributed by atoms with Crippen LogP contribution in [0.2, 0.25) is 0 Å². The predicted molar refractivity (Wildman–Crippen MR) is 92.0 cm³/mol. The number of amides is 3. The van der Waals surface area contributed by atoms with E-state index in [9.17, 15) is 14.4 Å². The lowest BCUT2D eigenvalue weighted by Crippen LogP contribution is -2.44. The van der Waals surface area contributed by atoms with Crippen molar-refractivity contribution in [1.29, 1.82) is 0 Å². The molecule has 4 heterocycles. The molecule has 0 radical (unpaired) electrons. The molecule has 1 aromatic rings. The highest BCUT2D eigenvalue weighted by Gasteiger charge is 2.66. The molecule has 9 heteroatoms. The number of nitrogens with one attached hydrogen (secondary N) is 1. The van der Waals surface area contributed by atoms with E-state index in [4.69, 9.17) is 9.26 Å². The van der Waals surface area contributed by atoms with E-state index in [-0.39, 0.29) is 23.8 Å². The topological polar surface area (TPSA) is 105 Å². The number of likely N-dealkylation sites (tertiary alicyclic amines) is 1. The van der Waals surface area contributed by atoms with Crippen LogP contribution in [0.15, 0.2) is 29.0 Å². The molecule has 3 aliphatic heterocycles. The molecule has 3 aliphatic rings. The summed E-state index contributed by atoms with van der Waals surface area (Å²) in [6.07, 6.45) is 4.87. The summed E-state index contributed by atoms with van der Waals surface area (Å²) in [6, 6.07) is 1.70. The number of aromatic nitrogens is 1. The Morgan fingerprint density at radius 3 is 3.00 bits per heavy atom. The monoisotopic (exact) mass is 374 g/mol. The Balaban J connectivity index is 1.48. The first-order valence-electron chi connectivity index (χ1n) is 8.96. The molecule has 27 heavy (non-hydrogen) atoms. The summed E-state index contributed by atoms with van der Waals surface area (Å²) in [5.74, 6) is -1.46. The summed E-state index contributed by atoms with van der Waals surface area (Å²) in [4.78, 5) is 40.4. The number of ether oxygens (including phenoxy) is 1. The van der Waals surface area contributed by atoms with E-state index in [1.807, 2.05) is 12.2 Å². The number of fused-ring (bicyclic) bond motifs is 1. The van der Waals surface area contributed by atoms with Gasteiger partial charge in [0.1, 0.15) is 17.6 Å². The first-order valence-corrected chi connectivity index (χ1v) is 8.96. The number of carbonyl (C=O) groups is 3. The van der Waals surface area contributed by atoms with E-state index in [0.29, 0.717) is 31.9 Å². The van der Waals surface area contributed by atoms with Gasteiger partial charge in [0.15, 0.2) is 0 Å². The molecule has 4 atom stereocenters. The van der Waals surface area contributed by atoms with Crippen LogP contribution in [0.1, 0.15) is 12.6 Å². The van der Waals surface area contributed by atoms with E-state index in [2.05, 4.69) is 10.5 Å². The second kappa shape index (κ2) is 6.49. The van der Waals surface area contributed by atoms with Gasteiger partial charge in [-0.05, 0) is 0 Å². The fraction of sp³-hybridized carbons (Fsp3) is 0.556. The summed E-state index contributed by atoms with van der Waals surface area (Å²) in [5.41, 5.74) is -0.0950. The van der Waals surface area contributed by atoms with Gasteiger partial charge in [0.25, 0.3) is 0 Å². The summed E-state index contributed by atoms with van der Waals surface area (Å²) in [7, 11) is 1.69. The molecule has 144 valence electrons. The average Bonchev–Trinajstić information content (AvgIpc) is 3.37. The van der Waals surface area contributed by atoms with E-state index in [0.717, 1.165) is 0 Å². The number of rotatable bonds is 6. The maximum Gasteiger partial charge on any atom is 0.230 e. The molecule has 0 saturated carbocycles. The second-order valence-electron chi connectivity index (χ2n) is 7.33. The molecule has 2 saturated heterocycles. The van der Waals surface area contributed by atoms with Crippen LogP contribution in [0.25, 0.3) is 0 Å². The molecule has 2 fully saturated rings.